The van der Waals surface area contributed by atoms with Gasteiger partial charge in [-0.15, -0.1) is 10.2 Å². The Morgan fingerprint density at radius 2 is 1.31 bits per heavy atom. The number of aromatic nitrogens is 6. The van der Waals surface area contributed by atoms with E-state index in [9.17, 15) is 0 Å². The predicted molar refractivity (Wildman–Crippen MR) is 143 cm³/mol. The van der Waals surface area contributed by atoms with Gasteiger partial charge in [0.25, 0.3) is 0 Å². The summed E-state index contributed by atoms with van der Waals surface area (Å²) >= 11 is 0. The van der Waals surface area contributed by atoms with Crippen LogP contribution < -0.4 is 0 Å². The molecule has 0 radical (unpaired) electrons. The summed E-state index contributed by atoms with van der Waals surface area (Å²) in [5.41, 5.74) is 6.48. The number of hydrogen-bond acceptors (Lipinski definition) is 4. The SMILES string of the molecule is C=C(/C=C\C(C)c1ccccc1)c1cc(-c2nc3ccccn3n2)cc(-c2nc3ccccn3n2)c1. The maximum atomic E-state index is 4.73. The molecule has 6 nitrogen and oxygen atoms in total. The highest BCUT2D eigenvalue weighted by Crippen LogP contribution is 2.29. The maximum Gasteiger partial charge on any atom is 0.182 e. The Bertz CT molecular complexity index is 1570. The lowest BCUT2D eigenvalue weighted by Crippen LogP contribution is -1.92. The van der Waals surface area contributed by atoms with Crippen LogP contribution in [0.1, 0.15) is 24.0 Å². The van der Waals surface area contributed by atoms with Crippen molar-refractivity contribution >= 4 is 16.9 Å². The molecule has 1 atom stereocenters. The van der Waals surface area contributed by atoms with Crippen LogP contribution in [0.2, 0.25) is 0 Å². The van der Waals surface area contributed by atoms with E-state index >= 15 is 0 Å². The first-order valence-electron chi connectivity index (χ1n) is 11.9. The second-order valence-corrected chi connectivity index (χ2v) is 8.76. The number of allylic oxidation sites excluding steroid dienone is 3. The normalized spacial score (nSPS) is 12.5. The van der Waals surface area contributed by atoms with Gasteiger partial charge < -0.3 is 0 Å². The molecule has 0 bridgehead atoms. The fourth-order valence-electron chi connectivity index (χ4n) is 4.20. The van der Waals surface area contributed by atoms with Gasteiger partial charge >= 0.3 is 0 Å². The first-order valence-corrected chi connectivity index (χ1v) is 11.9. The van der Waals surface area contributed by atoms with Crippen LogP contribution in [-0.4, -0.2) is 29.2 Å². The minimum atomic E-state index is 0.269. The summed E-state index contributed by atoms with van der Waals surface area (Å²) in [6.45, 7) is 6.55. The van der Waals surface area contributed by atoms with Crippen molar-refractivity contribution in [3.63, 3.8) is 0 Å². The van der Waals surface area contributed by atoms with Crippen LogP contribution >= 0.6 is 0 Å². The van der Waals surface area contributed by atoms with Gasteiger partial charge in [-0.3, -0.25) is 0 Å². The average molecular weight is 469 g/mol. The van der Waals surface area contributed by atoms with Gasteiger partial charge in [-0.1, -0.05) is 68.1 Å². The molecule has 0 saturated carbocycles. The molecule has 6 aromatic rings. The fourth-order valence-corrected chi connectivity index (χ4v) is 4.20. The zero-order valence-corrected chi connectivity index (χ0v) is 19.9. The molecule has 36 heavy (non-hydrogen) atoms. The van der Waals surface area contributed by atoms with Crippen LogP contribution in [0.3, 0.4) is 0 Å². The Morgan fingerprint density at radius 3 is 1.86 bits per heavy atom. The molecule has 6 heteroatoms. The molecule has 0 spiro atoms. The number of benzene rings is 2. The summed E-state index contributed by atoms with van der Waals surface area (Å²) in [6, 6.07) is 28.3. The standard InChI is InChI=1S/C30H24N6/c1-21(23-10-4-3-5-11-23)14-15-22(2)24-18-25(29-31-27-12-6-8-16-35(27)33-29)20-26(19-24)30-32-28-13-7-9-17-36(28)34-30/h3-21H,2H2,1H3/b15-14-. The van der Waals surface area contributed by atoms with Crippen LogP contribution in [0.25, 0.3) is 39.6 Å². The molecule has 4 heterocycles. The predicted octanol–water partition coefficient (Wildman–Crippen LogP) is 6.48. The molecule has 0 fully saturated rings. The van der Waals surface area contributed by atoms with Gasteiger partial charge in [-0.2, -0.15) is 0 Å². The first kappa shape index (κ1) is 21.7. The summed E-state index contributed by atoms with van der Waals surface area (Å²) < 4.78 is 3.56. The molecule has 0 aliphatic carbocycles. The second-order valence-electron chi connectivity index (χ2n) is 8.76. The van der Waals surface area contributed by atoms with E-state index in [4.69, 9.17) is 9.97 Å². The number of rotatable bonds is 6. The molecule has 0 amide bonds. The van der Waals surface area contributed by atoms with Gasteiger partial charge in [0.05, 0.1) is 0 Å². The number of fused-ring (bicyclic) bond motifs is 2. The Morgan fingerprint density at radius 1 is 0.750 bits per heavy atom. The molecule has 2 aromatic carbocycles. The smallest absolute Gasteiger partial charge is 0.182 e. The van der Waals surface area contributed by atoms with Crippen molar-refractivity contribution in [1.29, 1.82) is 0 Å². The molecule has 0 aliphatic heterocycles. The van der Waals surface area contributed by atoms with Gasteiger partial charge in [0, 0.05) is 23.5 Å². The Hall–Kier alpha value is -4.84. The third kappa shape index (κ3) is 4.20. The van der Waals surface area contributed by atoms with Crippen molar-refractivity contribution in [2.75, 3.05) is 0 Å². The summed E-state index contributed by atoms with van der Waals surface area (Å²) in [4.78, 5) is 9.47. The van der Waals surface area contributed by atoms with Gasteiger partial charge in [-0.05, 0) is 65.1 Å². The monoisotopic (exact) mass is 468 g/mol. The van der Waals surface area contributed by atoms with Gasteiger partial charge in [0.15, 0.2) is 22.9 Å². The van der Waals surface area contributed by atoms with Crippen molar-refractivity contribution in [3.8, 4) is 22.8 Å². The first-order chi connectivity index (χ1) is 17.6. The van der Waals surface area contributed by atoms with E-state index in [1.807, 2.05) is 60.9 Å². The van der Waals surface area contributed by atoms with Crippen molar-refractivity contribution in [1.82, 2.24) is 29.2 Å². The molecule has 0 aliphatic rings. The van der Waals surface area contributed by atoms with Crippen LogP contribution in [-0.2, 0) is 0 Å². The lowest BCUT2D eigenvalue weighted by atomic mass is 9.96. The Kier molecular flexibility index (Phi) is 5.46. The maximum absolute atomic E-state index is 4.73. The Balaban J connectivity index is 1.42. The molecular formula is C30H24N6. The van der Waals surface area contributed by atoms with E-state index in [1.54, 1.807) is 9.03 Å². The van der Waals surface area contributed by atoms with E-state index < -0.39 is 0 Å². The second kappa shape index (κ2) is 9.07. The fraction of sp³-hybridized carbons (Fsp3) is 0.0667. The molecular weight excluding hydrogens is 444 g/mol. The Labute approximate surface area is 208 Å². The van der Waals surface area contributed by atoms with E-state index in [-0.39, 0.29) is 5.92 Å². The molecule has 0 saturated heterocycles. The summed E-state index contributed by atoms with van der Waals surface area (Å²) in [5.74, 6) is 1.55. The molecule has 6 rings (SSSR count). The lowest BCUT2D eigenvalue weighted by molar-refractivity contribution is 0.963. The van der Waals surface area contributed by atoms with Crippen LogP contribution in [0.15, 0.2) is 116 Å². The highest BCUT2D eigenvalue weighted by molar-refractivity contribution is 5.80. The summed E-state index contributed by atoms with van der Waals surface area (Å²) in [7, 11) is 0. The van der Waals surface area contributed by atoms with E-state index in [1.165, 1.54) is 5.56 Å². The third-order valence-electron chi connectivity index (χ3n) is 6.21. The summed E-state index contributed by atoms with van der Waals surface area (Å²) in [6.07, 6.45) is 8.05. The van der Waals surface area contributed by atoms with E-state index in [2.05, 4.69) is 72.3 Å². The van der Waals surface area contributed by atoms with Crippen LogP contribution in [0.4, 0.5) is 0 Å². The highest BCUT2D eigenvalue weighted by atomic mass is 15.3. The lowest BCUT2D eigenvalue weighted by Gasteiger charge is -2.09. The van der Waals surface area contributed by atoms with Gasteiger partial charge in [0.2, 0.25) is 0 Å². The number of pyridine rings is 2. The molecule has 0 N–H and O–H groups in total. The average Bonchev–Trinajstić information content (AvgIpc) is 3.56. The van der Waals surface area contributed by atoms with Gasteiger partial charge in [-0.25, -0.2) is 19.0 Å². The van der Waals surface area contributed by atoms with Crippen molar-refractivity contribution in [2.45, 2.75) is 12.8 Å². The number of nitrogens with zero attached hydrogens (tertiary/aromatic N) is 6. The zero-order chi connectivity index (χ0) is 24.5. The van der Waals surface area contributed by atoms with Gasteiger partial charge in [0.1, 0.15) is 0 Å². The molecule has 4 aromatic heterocycles. The van der Waals surface area contributed by atoms with Crippen molar-refractivity contribution < 1.29 is 0 Å². The third-order valence-corrected chi connectivity index (χ3v) is 6.21. The minimum absolute atomic E-state index is 0.269. The molecule has 174 valence electrons. The van der Waals surface area contributed by atoms with E-state index in [0.29, 0.717) is 11.6 Å². The summed E-state index contributed by atoms with van der Waals surface area (Å²) in [5, 5.41) is 9.37. The zero-order valence-electron chi connectivity index (χ0n) is 19.9. The quantitative estimate of drug-likeness (QED) is 0.263. The number of hydrogen-bond donors (Lipinski definition) is 0. The van der Waals surface area contributed by atoms with Crippen LogP contribution in [0, 0.1) is 0 Å². The van der Waals surface area contributed by atoms with E-state index in [0.717, 1.165) is 33.6 Å². The van der Waals surface area contributed by atoms with Crippen LogP contribution in [0.5, 0.6) is 0 Å². The topological polar surface area (TPSA) is 60.4 Å². The largest absolute Gasteiger partial charge is 0.221 e. The van der Waals surface area contributed by atoms with Crippen molar-refractivity contribution in [3.05, 3.63) is 127 Å². The highest BCUT2D eigenvalue weighted by Gasteiger charge is 2.14. The minimum Gasteiger partial charge on any atom is -0.221 e. The molecule has 1 unspecified atom stereocenters. The van der Waals surface area contributed by atoms with Crippen molar-refractivity contribution in [2.24, 2.45) is 0 Å².